The lowest BCUT2D eigenvalue weighted by Gasteiger charge is -2.21. The summed E-state index contributed by atoms with van der Waals surface area (Å²) >= 11 is 1.78. The molecule has 1 N–H and O–H groups in total. The quantitative estimate of drug-likeness (QED) is 0.726. The maximum atomic E-state index is 3.71. The van der Waals surface area contributed by atoms with Gasteiger partial charge in [0.15, 0.2) is 0 Å². The van der Waals surface area contributed by atoms with Gasteiger partial charge in [-0.3, -0.25) is 0 Å². The molecule has 0 aliphatic rings. The minimum absolute atomic E-state index is 0.498. The second-order valence-electron chi connectivity index (χ2n) is 4.19. The van der Waals surface area contributed by atoms with Crippen molar-refractivity contribution in [1.29, 1.82) is 0 Å². The summed E-state index contributed by atoms with van der Waals surface area (Å²) in [7, 11) is 0. The highest BCUT2D eigenvalue weighted by Gasteiger charge is 2.11. The number of hydrogen-bond acceptors (Lipinski definition) is 2. The molecule has 1 aromatic heterocycles. The van der Waals surface area contributed by atoms with E-state index in [0.717, 1.165) is 0 Å². The molecule has 1 rings (SSSR count). The Kier molecular flexibility index (Phi) is 5.96. The molecule has 2 heteroatoms. The van der Waals surface area contributed by atoms with E-state index in [-0.39, 0.29) is 0 Å². The Bertz CT molecular complexity index is 243. The summed E-state index contributed by atoms with van der Waals surface area (Å²) in [5.41, 5.74) is 1.43. The van der Waals surface area contributed by atoms with Gasteiger partial charge in [0.2, 0.25) is 0 Å². The van der Waals surface area contributed by atoms with Crippen molar-refractivity contribution in [3.05, 3.63) is 22.4 Å². The molecule has 0 aliphatic carbocycles. The fourth-order valence-corrected chi connectivity index (χ4v) is 2.58. The molecule has 0 radical (unpaired) electrons. The van der Waals surface area contributed by atoms with Gasteiger partial charge in [-0.2, -0.15) is 11.3 Å². The van der Waals surface area contributed by atoms with E-state index in [1.165, 1.54) is 31.2 Å². The lowest BCUT2D eigenvalue weighted by Crippen LogP contribution is -2.30. The molecule has 0 spiro atoms. The van der Waals surface area contributed by atoms with Crippen molar-refractivity contribution < 1.29 is 0 Å². The summed E-state index contributed by atoms with van der Waals surface area (Å²) in [5.74, 6) is 0. The maximum absolute atomic E-state index is 3.71. The Labute approximate surface area is 97.9 Å². The first kappa shape index (κ1) is 12.7. The van der Waals surface area contributed by atoms with Crippen LogP contribution < -0.4 is 5.32 Å². The average Bonchev–Trinajstić information content (AvgIpc) is 2.77. The predicted octanol–water partition coefficient (Wildman–Crippen LogP) is 4.37. The number of nitrogens with one attached hydrogen (secondary N) is 1. The molecule has 0 aliphatic heterocycles. The van der Waals surface area contributed by atoms with Crippen LogP contribution in [0.2, 0.25) is 0 Å². The monoisotopic (exact) mass is 225 g/mol. The van der Waals surface area contributed by atoms with Crippen molar-refractivity contribution >= 4 is 11.3 Å². The van der Waals surface area contributed by atoms with Gasteiger partial charge < -0.3 is 5.32 Å². The third-order valence-corrected chi connectivity index (χ3v) is 3.63. The lowest BCUT2D eigenvalue weighted by atomic mass is 10.1. The number of thiophene rings is 1. The van der Waals surface area contributed by atoms with Gasteiger partial charge in [0.05, 0.1) is 0 Å². The smallest absolute Gasteiger partial charge is 0.0302 e. The van der Waals surface area contributed by atoms with Crippen LogP contribution in [0, 0.1) is 0 Å². The van der Waals surface area contributed by atoms with Gasteiger partial charge >= 0.3 is 0 Å². The molecule has 0 amide bonds. The minimum atomic E-state index is 0.498. The van der Waals surface area contributed by atoms with Gasteiger partial charge in [-0.15, -0.1) is 0 Å². The third-order valence-electron chi connectivity index (χ3n) is 2.93. The lowest BCUT2D eigenvalue weighted by molar-refractivity contribution is 0.410. The Morgan fingerprint density at radius 1 is 1.40 bits per heavy atom. The molecule has 1 heterocycles. The van der Waals surface area contributed by atoms with E-state index in [2.05, 4.69) is 42.9 Å². The van der Waals surface area contributed by atoms with Gasteiger partial charge in [-0.1, -0.05) is 26.7 Å². The van der Waals surface area contributed by atoms with Gasteiger partial charge in [0.25, 0.3) is 0 Å². The second kappa shape index (κ2) is 7.02. The first-order chi connectivity index (χ1) is 7.27. The zero-order chi connectivity index (χ0) is 11.1. The van der Waals surface area contributed by atoms with Crippen LogP contribution in [-0.2, 0) is 0 Å². The molecule has 0 saturated carbocycles. The van der Waals surface area contributed by atoms with Crippen LogP contribution >= 0.6 is 11.3 Å². The van der Waals surface area contributed by atoms with E-state index in [9.17, 15) is 0 Å². The van der Waals surface area contributed by atoms with Gasteiger partial charge in [-0.05, 0) is 42.2 Å². The van der Waals surface area contributed by atoms with Crippen molar-refractivity contribution in [2.75, 3.05) is 0 Å². The highest BCUT2D eigenvalue weighted by molar-refractivity contribution is 7.07. The van der Waals surface area contributed by atoms with Gasteiger partial charge in [0.1, 0.15) is 0 Å². The Morgan fingerprint density at radius 3 is 2.73 bits per heavy atom. The van der Waals surface area contributed by atoms with Crippen LogP contribution in [0.1, 0.15) is 58.1 Å². The van der Waals surface area contributed by atoms with E-state index >= 15 is 0 Å². The Hall–Kier alpha value is -0.340. The molecule has 0 aromatic carbocycles. The first-order valence-corrected chi connectivity index (χ1v) is 7.00. The van der Waals surface area contributed by atoms with E-state index in [1.54, 1.807) is 11.3 Å². The predicted molar refractivity (Wildman–Crippen MR) is 69.5 cm³/mol. The summed E-state index contributed by atoms with van der Waals surface area (Å²) in [6.45, 7) is 6.79. The zero-order valence-corrected chi connectivity index (χ0v) is 10.9. The molecule has 2 unspecified atom stereocenters. The standard InChI is InChI=1S/C13H23NS/c1-4-6-7-13(5-2)14-11(3)12-8-9-15-10-12/h8-11,13-14H,4-7H2,1-3H3. The summed E-state index contributed by atoms with van der Waals surface area (Å²) < 4.78 is 0. The van der Waals surface area contributed by atoms with Crippen LogP contribution in [0.5, 0.6) is 0 Å². The summed E-state index contributed by atoms with van der Waals surface area (Å²) in [6.07, 6.45) is 5.17. The molecule has 0 bridgehead atoms. The highest BCUT2D eigenvalue weighted by Crippen LogP contribution is 2.17. The molecule has 0 fully saturated rings. The van der Waals surface area contributed by atoms with E-state index in [0.29, 0.717) is 12.1 Å². The van der Waals surface area contributed by atoms with Crippen molar-refractivity contribution in [2.24, 2.45) is 0 Å². The molecular weight excluding hydrogens is 202 g/mol. The normalized spacial score (nSPS) is 15.1. The molecule has 86 valence electrons. The largest absolute Gasteiger partial charge is 0.307 e. The van der Waals surface area contributed by atoms with E-state index < -0.39 is 0 Å². The third kappa shape index (κ3) is 4.35. The molecular formula is C13H23NS. The van der Waals surface area contributed by atoms with Crippen LogP contribution in [0.3, 0.4) is 0 Å². The molecule has 15 heavy (non-hydrogen) atoms. The Morgan fingerprint density at radius 2 is 2.20 bits per heavy atom. The fourth-order valence-electron chi connectivity index (χ4n) is 1.83. The van der Waals surface area contributed by atoms with Crippen LogP contribution in [-0.4, -0.2) is 6.04 Å². The van der Waals surface area contributed by atoms with Crippen LogP contribution in [0.4, 0.5) is 0 Å². The summed E-state index contributed by atoms with van der Waals surface area (Å²) in [6, 6.07) is 3.40. The van der Waals surface area contributed by atoms with Crippen molar-refractivity contribution in [3.8, 4) is 0 Å². The Balaban J connectivity index is 2.37. The minimum Gasteiger partial charge on any atom is -0.307 e. The van der Waals surface area contributed by atoms with Crippen LogP contribution in [0.25, 0.3) is 0 Å². The molecule has 1 aromatic rings. The number of hydrogen-bond donors (Lipinski definition) is 1. The topological polar surface area (TPSA) is 12.0 Å². The van der Waals surface area contributed by atoms with E-state index in [4.69, 9.17) is 0 Å². The number of unbranched alkanes of at least 4 members (excludes halogenated alkanes) is 1. The number of rotatable bonds is 7. The van der Waals surface area contributed by atoms with E-state index in [1.807, 2.05) is 0 Å². The SMILES string of the molecule is CCCCC(CC)NC(C)c1ccsc1. The first-order valence-electron chi connectivity index (χ1n) is 6.06. The van der Waals surface area contributed by atoms with Crippen molar-refractivity contribution in [2.45, 2.75) is 58.5 Å². The average molecular weight is 225 g/mol. The molecule has 1 nitrogen and oxygen atoms in total. The second-order valence-corrected chi connectivity index (χ2v) is 4.97. The maximum Gasteiger partial charge on any atom is 0.0302 e. The highest BCUT2D eigenvalue weighted by atomic mass is 32.1. The zero-order valence-electron chi connectivity index (χ0n) is 10.1. The fraction of sp³-hybridized carbons (Fsp3) is 0.692. The molecule has 0 saturated heterocycles. The summed E-state index contributed by atoms with van der Waals surface area (Å²) in [5, 5.41) is 8.10. The van der Waals surface area contributed by atoms with Crippen LogP contribution in [0.15, 0.2) is 16.8 Å². The van der Waals surface area contributed by atoms with Gasteiger partial charge in [0, 0.05) is 12.1 Å². The van der Waals surface area contributed by atoms with Crippen molar-refractivity contribution in [1.82, 2.24) is 5.32 Å². The summed E-state index contributed by atoms with van der Waals surface area (Å²) in [4.78, 5) is 0. The molecule has 2 atom stereocenters. The van der Waals surface area contributed by atoms with Crippen molar-refractivity contribution in [3.63, 3.8) is 0 Å². The van der Waals surface area contributed by atoms with Gasteiger partial charge in [-0.25, -0.2) is 0 Å².